The van der Waals surface area contributed by atoms with Gasteiger partial charge in [-0.2, -0.15) is 5.10 Å². The number of nitrogens with zero attached hydrogens (tertiary/aromatic N) is 4. The van der Waals surface area contributed by atoms with Gasteiger partial charge in [-0.1, -0.05) is 30.3 Å². The number of ether oxygens (including phenoxy) is 1. The SMILES string of the molecule is COc1ccc2ccccc2c1CN1CCC(n2cncn2)C1. The Morgan fingerprint density at radius 3 is 2.96 bits per heavy atom. The molecule has 5 heteroatoms. The Morgan fingerprint density at radius 1 is 1.22 bits per heavy atom. The summed E-state index contributed by atoms with van der Waals surface area (Å²) in [6.07, 6.45) is 4.53. The van der Waals surface area contributed by atoms with Gasteiger partial charge in [0.15, 0.2) is 0 Å². The van der Waals surface area contributed by atoms with Crippen molar-refractivity contribution in [3.63, 3.8) is 0 Å². The van der Waals surface area contributed by atoms with Crippen molar-refractivity contribution in [2.75, 3.05) is 20.2 Å². The first kappa shape index (κ1) is 14.2. The smallest absolute Gasteiger partial charge is 0.137 e. The lowest BCUT2D eigenvalue weighted by Gasteiger charge is -2.19. The zero-order valence-electron chi connectivity index (χ0n) is 13.2. The maximum Gasteiger partial charge on any atom is 0.137 e. The van der Waals surface area contributed by atoms with E-state index in [0.717, 1.165) is 31.8 Å². The highest BCUT2D eigenvalue weighted by Gasteiger charge is 2.25. The van der Waals surface area contributed by atoms with Crippen LogP contribution >= 0.6 is 0 Å². The summed E-state index contributed by atoms with van der Waals surface area (Å²) in [5.41, 5.74) is 1.27. The summed E-state index contributed by atoms with van der Waals surface area (Å²) in [7, 11) is 1.75. The van der Waals surface area contributed by atoms with E-state index in [-0.39, 0.29) is 0 Å². The van der Waals surface area contributed by atoms with Gasteiger partial charge in [-0.3, -0.25) is 4.90 Å². The predicted molar refractivity (Wildman–Crippen MR) is 89.5 cm³/mol. The number of hydrogen-bond acceptors (Lipinski definition) is 4. The lowest BCUT2D eigenvalue weighted by Crippen LogP contribution is -2.22. The van der Waals surface area contributed by atoms with Gasteiger partial charge in [0.25, 0.3) is 0 Å². The Hall–Kier alpha value is -2.40. The van der Waals surface area contributed by atoms with Gasteiger partial charge in [0.2, 0.25) is 0 Å². The molecule has 0 radical (unpaired) electrons. The highest BCUT2D eigenvalue weighted by atomic mass is 16.5. The van der Waals surface area contributed by atoms with Gasteiger partial charge < -0.3 is 4.74 Å². The summed E-state index contributed by atoms with van der Waals surface area (Å²) in [6.45, 7) is 2.96. The van der Waals surface area contributed by atoms with Gasteiger partial charge in [-0.15, -0.1) is 0 Å². The molecule has 1 saturated heterocycles. The molecule has 0 N–H and O–H groups in total. The number of hydrogen-bond donors (Lipinski definition) is 0. The number of rotatable bonds is 4. The molecular weight excluding hydrogens is 288 g/mol. The molecule has 23 heavy (non-hydrogen) atoms. The second kappa shape index (κ2) is 6.01. The molecule has 0 bridgehead atoms. The van der Waals surface area contributed by atoms with Crippen molar-refractivity contribution in [1.29, 1.82) is 0 Å². The molecule has 3 aromatic rings. The number of methoxy groups -OCH3 is 1. The van der Waals surface area contributed by atoms with Gasteiger partial charge in [-0.05, 0) is 23.3 Å². The number of aromatic nitrogens is 3. The molecule has 5 nitrogen and oxygen atoms in total. The van der Waals surface area contributed by atoms with Crippen LogP contribution in [0.1, 0.15) is 18.0 Å². The van der Waals surface area contributed by atoms with Crippen LogP contribution in [0.5, 0.6) is 5.75 Å². The van der Waals surface area contributed by atoms with E-state index in [4.69, 9.17) is 4.74 Å². The Bertz CT molecular complexity index is 800. The van der Waals surface area contributed by atoms with Crippen molar-refractivity contribution in [3.05, 3.63) is 54.6 Å². The first-order valence-corrected chi connectivity index (χ1v) is 7.96. The highest BCUT2D eigenvalue weighted by Crippen LogP contribution is 2.31. The van der Waals surface area contributed by atoms with Crippen LogP contribution in [0, 0.1) is 0 Å². The van der Waals surface area contributed by atoms with Crippen LogP contribution in [0.2, 0.25) is 0 Å². The van der Waals surface area contributed by atoms with E-state index in [2.05, 4.69) is 51.4 Å². The van der Waals surface area contributed by atoms with Crippen molar-refractivity contribution in [1.82, 2.24) is 19.7 Å². The summed E-state index contributed by atoms with van der Waals surface area (Å²) in [4.78, 5) is 6.53. The molecule has 1 atom stereocenters. The molecule has 1 aromatic heterocycles. The molecule has 118 valence electrons. The molecule has 1 aliphatic rings. The average Bonchev–Trinajstić information content (AvgIpc) is 3.26. The molecule has 1 fully saturated rings. The molecule has 4 rings (SSSR count). The van der Waals surface area contributed by atoms with E-state index in [1.807, 2.05) is 11.0 Å². The molecular formula is C18H20N4O. The predicted octanol–water partition coefficient (Wildman–Crippen LogP) is 2.89. The normalized spacial score (nSPS) is 18.6. The van der Waals surface area contributed by atoms with E-state index in [1.165, 1.54) is 16.3 Å². The second-order valence-electron chi connectivity index (χ2n) is 6.02. The van der Waals surface area contributed by atoms with Crippen LogP contribution in [-0.4, -0.2) is 39.9 Å². The van der Waals surface area contributed by atoms with Crippen LogP contribution in [0.25, 0.3) is 10.8 Å². The lowest BCUT2D eigenvalue weighted by molar-refractivity contribution is 0.305. The van der Waals surface area contributed by atoms with Crippen molar-refractivity contribution < 1.29 is 4.74 Å². The Morgan fingerprint density at radius 2 is 2.13 bits per heavy atom. The first-order valence-electron chi connectivity index (χ1n) is 7.96. The summed E-state index contributed by atoms with van der Waals surface area (Å²) in [5, 5.41) is 6.81. The third-order valence-corrected chi connectivity index (χ3v) is 4.66. The van der Waals surface area contributed by atoms with Gasteiger partial charge >= 0.3 is 0 Å². The molecule has 0 aliphatic carbocycles. The van der Waals surface area contributed by atoms with Gasteiger partial charge in [0.05, 0.1) is 13.2 Å². The highest BCUT2D eigenvalue weighted by molar-refractivity contribution is 5.87. The molecule has 1 unspecified atom stereocenters. The van der Waals surface area contributed by atoms with Crippen molar-refractivity contribution in [3.8, 4) is 5.75 Å². The maximum absolute atomic E-state index is 5.61. The van der Waals surface area contributed by atoms with Gasteiger partial charge in [-0.25, -0.2) is 9.67 Å². The van der Waals surface area contributed by atoms with Crippen LogP contribution in [0.3, 0.4) is 0 Å². The number of benzene rings is 2. The standard InChI is InChI=1S/C18H20N4O/c1-23-18-7-6-14-4-2-3-5-16(14)17(18)11-21-9-8-15(10-21)22-13-19-12-20-22/h2-7,12-13,15H,8-11H2,1H3. The number of likely N-dealkylation sites (tertiary alicyclic amines) is 1. The van der Waals surface area contributed by atoms with E-state index in [1.54, 1.807) is 13.4 Å². The minimum atomic E-state index is 0.415. The Balaban J connectivity index is 1.60. The fourth-order valence-corrected chi connectivity index (χ4v) is 3.47. The fraction of sp³-hybridized carbons (Fsp3) is 0.333. The Labute approximate surface area is 135 Å². The van der Waals surface area contributed by atoms with Gasteiger partial charge in [0.1, 0.15) is 18.4 Å². The van der Waals surface area contributed by atoms with Crippen LogP contribution in [0.4, 0.5) is 0 Å². The number of fused-ring (bicyclic) bond motifs is 1. The molecule has 0 spiro atoms. The van der Waals surface area contributed by atoms with Crippen LogP contribution in [-0.2, 0) is 6.54 Å². The summed E-state index contributed by atoms with van der Waals surface area (Å²) < 4.78 is 7.58. The minimum absolute atomic E-state index is 0.415. The topological polar surface area (TPSA) is 43.2 Å². The zero-order valence-corrected chi connectivity index (χ0v) is 13.2. The Kier molecular flexibility index (Phi) is 3.71. The molecule has 2 heterocycles. The van der Waals surface area contributed by atoms with Crippen molar-refractivity contribution in [2.45, 2.75) is 19.0 Å². The van der Waals surface area contributed by atoms with E-state index >= 15 is 0 Å². The zero-order chi connectivity index (χ0) is 15.6. The summed E-state index contributed by atoms with van der Waals surface area (Å²) in [6, 6.07) is 13.1. The molecule has 0 saturated carbocycles. The second-order valence-corrected chi connectivity index (χ2v) is 6.02. The van der Waals surface area contributed by atoms with E-state index < -0.39 is 0 Å². The fourth-order valence-electron chi connectivity index (χ4n) is 3.47. The first-order chi connectivity index (χ1) is 11.3. The summed E-state index contributed by atoms with van der Waals surface area (Å²) in [5.74, 6) is 0.966. The van der Waals surface area contributed by atoms with Gasteiger partial charge in [0, 0.05) is 25.2 Å². The molecule has 2 aromatic carbocycles. The monoisotopic (exact) mass is 308 g/mol. The van der Waals surface area contributed by atoms with Crippen molar-refractivity contribution >= 4 is 10.8 Å². The van der Waals surface area contributed by atoms with E-state index in [0.29, 0.717) is 6.04 Å². The van der Waals surface area contributed by atoms with Crippen LogP contribution in [0.15, 0.2) is 49.1 Å². The summed E-state index contributed by atoms with van der Waals surface area (Å²) >= 11 is 0. The molecule has 0 amide bonds. The molecule has 1 aliphatic heterocycles. The van der Waals surface area contributed by atoms with Crippen LogP contribution < -0.4 is 4.74 Å². The quantitative estimate of drug-likeness (QED) is 0.743. The maximum atomic E-state index is 5.61. The minimum Gasteiger partial charge on any atom is -0.496 e. The van der Waals surface area contributed by atoms with Crippen molar-refractivity contribution in [2.24, 2.45) is 0 Å². The van der Waals surface area contributed by atoms with E-state index in [9.17, 15) is 0 Å². The average molecular weight is 308 g/mol. The lowest BCUT2D eigenvalue weighted by atomic mass is 10.0. The third kappa shape index (κ3) is 2.68. The largest absolute Gasteiger partial charge is 0.496 e. The third-order valence-electron chi connectivity index (χ3n) is 4.66.